The Morgan fingerprint density at radius 1 is 1.04 bits per heavy atom. The van der Waals surface area contributed by atoms with Crippen molar-refractivity contribution in [3.63, 3.8) is 0 Å². The number of ether oxygens (including phenoxy) is 3. The molecule has 0 radical (unpaired) electrons. The van der Waals surface area contributed by atoms with Gasteiger partial charge in [0.2, 0.25) is 5.91 Å². The standard InChI is InChI=1S/C18H37FN2O4/c1-6-15(3)20-8-10-23-12-13-24-11-9-21-17(22)14-25-18(4,5)16(19)7-2/h15-16,20H,6-14H2,1-5H3,(H,21,22). The van der Waals surface area contributed by atoms with Crippen LogP contribution in [0.25, 0.3) is 0 Å². The van der Waals surface area contributed by atoms with Gasteiger partial charge < -0.3 is 24.8 Å². The van der Waals surface area contributed by atoms with Crippen LogP contribution in [0.1, 0.15) is 47.5 Å². The van der Waals surface area contributed by atoms with Crippen LogP contribution in [0.5, 0.6) is 0 Å². The van der Waals surface area contributed by atoms with Crippen molar-refractivity contribution in [1.29, 1.82) is 0 Å². The number of alkyl halides is 1. The number of rotatable bonds is 16. The Morgan fingerprint density at radius 2 is 1.64 bits per heavy atom. The minimum Gasteiger partial charge on any atom is -0.378 e. The van der Waals surface area contributed by atoms with E-state index in [0.29, 0.717) is 45.4 Å². The number of hydrogen-bond donors (Lipinski definition) is 2. The Bertz CT molecular complexity index is 343. The van der Waals surface area contributed by atoms with Crippen LogP contribution < -0.4 is 10.6 Å². The van der Waals surface area contributed by atoms with Gasteiger partial charge in [0.15, 0.2) is 0 Å². The van der Waals surface area contributed by atoms with Crippen molar-refractivity contribution >= 4 is 5.91 Å². The first-order chi connectivity index (χ1) is 11.8. The third-order valence-electron chi connectivity index (χ3n) is 3.98. The lowest BCUT2D eigenvalue weighted by Crippen LogP contribution is -2.40. The van der Waals surface area contributed by atoms with E-state index in [1.165, 1.54) is 0 Å². The first-order valence-corrected chi connectivity index (χ1v) is 9.27. The first kappa shape index (κ1) is 24.2. The van der Waals surface area contributed by atoms with Crippen molar-refractivity contribution in [2.24, 2.45) is 0 Å². The van der Waals surface area contributed by atoms with Gasteiger partial charge >= 0.3 is 0 Å². The molecule has 0 rings (SSSR count). The summed E-state index contributed by atoms with van der Waals surface area (Å²) in [7, 11) is 0. The number of carbonyl (C=O) groups is 1. The number of amides is 1. The molecule has 0 bridgehead atoms. The fourth-order valence-corrected chi connectivity index (χ4v) is 1.99. The van der Waals surface area contributed by atoms with Gasteiger partial charge in [0.05, 0.1) is 32.0 Å². The molecule has 2 atom stereocenters. The summed E-state index contributed by atoms with van der Waals surface area (Å²) >= 11 is 0. The van der Waals surface area contributed by atoms with Crippen LogP contribution in [0.15, 0.2) is 0 Å². The maximum absolute atomic E-state index is 13.6. The van der Waals surface area contributed by atoms with Crippen molar-refractivity contribution < 1.29 is 23.4 Å². The monoisotopic (exact) mass is 364 g/mol. The van der Waals surface area contributed by atoms with Gasteiger partial charge in [-0.3, -0.25) is 4.79 Å². The summed E-state index contributed by atoms with van der Waals surface area (Å²) in [5, 5.41) is 6.02. The van der Waals surface area contributed by atoms with Crippen LogP contribution >= 0.6 is 0 Å². The second kappa shape index (κ2) is 14.4. The molecule has 0 saturated heterocycles. The van der Waals surface area contributed by atoms with Crippen molar-refractivity contribution in [3.05, 3.63) is 0 Å². The highest BCUT2D eigenvalue weighted by Crippen LogP contribution is 2.20. The van der Waals surface area contributed by atoms with Gasteiger partial charge in [0.1, 0.15) is 12.8 Å². The lowest BCUT2D eigenvalue weighted by molar-refractivity contribution is -0.136. The maximum Gasteiger partial charge on any atom is 0.246 e. The van der Waals surface area contributed by atoms with Crippen LogP contribution in [0, 0.1) is 0 Å². The highest BCUT2D eigenvalue weighted by atomic mass is 19.1. The van der Waals surface area contributed by atoms with E-state index in [2.05, 4.69) is 24.5 Å². The van der Waals surface area contributed by atoms with E-state index in [0.717, 1.165) is 13.0 Å². The second-order valence-corrected chi connectivity index (χ2v) is 6.61. The number of carbonyl (C=O) groups excluding carboxylic acids is 1. The molecule has 0 aliphatic heterocycles. The zero-order valence-electron chi connectivity index (χ0n) is 16.5. The van der Waals surface area contributed by atoms with Crippen molar-refractivity contribution in [2.45, 2.75) is 65.3 Å². The molecular formula is C18H37FN2O4. The summed E-state index contributed by atoms with van der Waals surface area (Å²) in [5.74, 6) is -0.271. The molecule has 7 heteroatoms. The number of halogens is 1. The third kappa shape index (κ3) is 13.1. The van der Waals surface area contributed by atoms with Crippen LogP contribution in [0.2, 0.25) is 0 Å². The summed E-state index contributed by atoms with van der Waals surface area (Å²) in [6.07, 6.45) is 0.367. The van der Waals surface area contributed by atoms with Gasteiger partial charge in [-0.05, 0) is 33.6 Å². The molecule has 6 nitrogen and oxygen atoms in total. The Morgan fingerprint density at radius 3 is 2.20 bits per heavy atom. The van der Waals surface area contributed by atoms with Gasteiger partial charge in [-0.1, -0.05) is 13.8 Å². The molecule has 25 heavy (non-hydrogen) atoms. The Labute approximate surface area is 152 Å². The van der Waals surface area contributed by atoms with Gasteiger partial charge in [0.25, 0.3) is 0 Å². The van der Waals surface area contributed by atoms with Gasteiger partial charge in [0, 0.05) is 19.1 Å². The molecule has 150 valence electrons. The summed E-state index contributed by atoms with van der Waals surface area (Å²) in [4.78, 5) is 11.6. The predicted molar refractivity (Wildman–Crippen MR) is 97.6 cm³/mol. The molecule has 1 amide bonds. The van der Waals surface area contributed by atoms with Crippen molar-refractivity contribution in [1.82, 2.24) is 10.6 Å². The fourth-order valence-electron chi connectivity index (χ4n) is 1.99. The van der Waals surface area contributed by atoms with Crippen LogP contribution in [-0.2, 0) is 19.0 Å². The smallest absolute Gasteiger partial charge is 0.246 e. The van der Waals surface area contributed by atoms with E-state index in [4.69, 9.17) is 14.2 Å². The fraction of sp³-hybridized carbons (Fsp3) is 0.944. The lowest BCUT2D eigenvalue weighted by atomic mass is 10.0. The summed E-state index contributed by atoms with van der Waals surface area (Å²) in [6.45, 7) is 12.5. The number of hydrogen-bond acceptors (Lipinski definition) is 5. The molecule has 0 aromatic heterocycles. The highest BCUT2D eigenvalue weighted by Gasteiger charge is 2.29. The zero-order valence-corrected chi connectivity index (χ0v) is 16.5. The van der Waals surface area contributed by atoms with Crippen LogP contribution in [0.4, 0.5) is 4.39 Å². The van der Waals surface area contributed by atoms with Crippen LogP contribution in [-0.4, -0.2) is 69.8 Å². The molecule has 0 aliphatic rings. The maximum atomic E-state index is 13.6. The topological polar surface area (TPSA) is 68.8 Å². The van der Waals surface area contributed by atoms with E-state index in [1.54, 1.807) is 20.8 Å². The van der Waals surface area contributed by atoms with E-state index >= 15 is 0 Å². The normalized spacial score (nSPS) is 14.3. The molecular weight excluding hydrogens is 327 g/mol. The molecule has 2 N–H and O–H groups in total. The molecule has 0 fully saturated rings. The van der Waals surface area contributed by atoms with E-state index < -0.39 is 11.8 Å². The molecule has 0 heterocycles. The van der Waals surface area contributed by atoms with E-state index in [9.17, 15) is 9.18 Å². The molecule has 0 aromatic carbocycles. The average Bonchev–Trinajstić information content (AvgIpc) is 2.60. The molecule has 0 spiro atoms. The van der Waals surface area contributed by atoms with Crippen molar-refractivity contribution in [2.75, 3.05) is 46.1 Å². The third-order valence-corrected chi connectivity index (χ3v) is 3.98. The van der Waals surface area contributed by atoms with Gasteiger partial charge in [-0.15, -0.1) is 0 Å². The highest BCUT2D eigenvalue weighted by molar-refractivity contribution is 5.77. The van der Waals surface area contributed by atoms with Crippen LogP contribution in [0.3, 0.4) is 0 Å². The number of nitrogens with one attached hydrogen (secondary N) is 2. The molecule has 0 saturated carbocycles. The minimum atomic E-state index is -1.09. The second-order valence-electron chi connectivity index (χ2n) is 6.61. The summed E-state index contributed by atoms with van der Waals surface area (Å²) in [5.41, 5.74) is -0.955. The minimum absolute atomic E-state index is 0.153. The largest absolute Gasteiger partial charge is 0.378 e. The Kier molecular flexibility index (Phi) is 14.0. The molecule has 2 unspecified atom stereocenters. The Balaban J connectivity index is 3.46. The molecule has 0 aromatic rings. The lowest BCUT2D eigenvalue weighted by Gasteiger charge is -2.28. The predicted octanol–water partition coefficient (Wildman–Crippen LogP) is 2.07. The Hall–Kier alpha value is -0.760. The van der Waals surface area contributed by atoms with Crippen molar-refractivity contribution in [3.8, 4) is 0 Å². The van der Waals surface area contributed by atoms with Gasteiger partial charge in [-0.2, -0.15) is 0 Å². The van der Waals surface area contributed by atoms with E-state index in [-0.39, 0.29) is 12.5 Å². The first-order valence-electron chi connectivity index (χ1n) is 9.27. The zero-order chi connectivity index (χ0) is 19.1. The average molecular weight is 365 g/mol. The SMILES string of the molecule is CCC(C)NCCOCCOCCNC(=O)COC(C)(C)C(F)CC. The molecule has 0 aliphatic carbocycles. The quantitative estimate of drug-likeness (QED) is 0.410. The van der Waals surface area contributed by atoms with E-state index in [1.807, 2.05) is 0 Å². The summed E-state index contributed by atoms with van der Waals surface area (Å²) in [6, 6.07) is 0.510. The summed E-state index contributed by atoms with van der Waals surface area (Å²) < 4.78 is 29.8. The van der Waals surface area contributed by atoms with Gasteiger partial charge in [-0.25, -0.2) is 4.39 Å².